The summed E-state index contributed by atoms with van der Waals surface area (Å²) in [5, 5.41) is 11.4. The number of carbonyl (C=O) groups excluding carboxylic acids is 3. The van der Waals surface area contributed by atoms with Gasteiger partial charge in [0.2, 0.25) is 0 Å². The lowest BCUT2D eigenvalue weighted by Gasteiger charge is -2.25. The van der Waals surface area contributed by atoms with E-state index in [2.05, 4.69) is 0 Å². The van der Waals surface area contributed by atoms with Crippen LogP contribution in [0.3, 0.4) is 0 Å². The molecular weight excluding hydrogens is 466 g/mol. The molecular formula is C27H31NO8. The molecule has 3 rings (SSSR count). The van der Waals surface area contributed by atoms with Crippen LogP contribution >= 0.6 is 0 Å². The molecule has 9 heteroatoms. The molecule has 1 amide bonds. The fourth-order valence-corrected chi connectivity index (χ4v) is 4.13. The summed E-state index contributed by atoms with van der Waals surface area (Å²) in [6.45, 7) is 6.30. The molecule has 9 nitrogen and oxygen atoms in total. The second-order valence-electron chi connectivity index (χ2n) is 8.03. The van der Waals surface area contributed by atoms with Crippen molar-refractivity contribution in [1.29, 1.82) is 0 Å². The largest absolute Gasteiger partial charge is 0.507 e. The van der Waals surface area contributed by atoms with E-state index < -0.39 is 23.7 Å². The first-order valence-electron chi connectivity index (χ1n) is 11.8. The maximum absolute atomic E-state index is 13.3. The minimum absolute atomic E-state index is 0.0810. The molecule has 1 fully saturated rings. The zero-order valence-corrected chi connectivity index (χ0v) is 20.9. The van der Waals surface area contributed by atoms with Gasteiger partial charge in [-0.25, -0.2) is 0 Å². The summed E-state index contributed by atoms with van der Waals surface area (Å²) in [4.78, 5) is 39.2. The molecule has 1 heterocycles. The van der Waals surface area contributed by atoms with Gasteiger partial charge in [0.1, 0.15) is 23.0 Å². The molecule has 1 saturated heterocycles. The van der Waals surface area contributed by atoms with Crippen LogP contribution in [0.5, 0.6) is 17.2 Å². The molecule has 0 aliphatic carbocycles. The quantitative estimate of drug-likeness (QED) is 0.124. The second-order valence-corrected chi connectivity index (χ2v) is 8.03. The topological polar surface area (TPSA) is 112 Å². The number of aliphatic hydroxyl groups is 1. The third-order valence-electron chi connectivity index (χ3n) is 5.54. The Morgan fingerprint density at radius 3 is 2.44 bits per heavy atom. The van der Waals surface area contributed by atoms with E-state index in [1.54, 1.807) is 56.5 Å². The van der Waals surface area contributed by atoms with Gasteiger partial charge in [-0.2, -0.15) is 0 Å². The summed E-state index contributed by atoms with van der Waals surface area (Å²) in [6.07, 6.45) is 0.483. The molecule has 192 valence electrons. The van der Waals surface area contributed by atoms with Crippen LogP contribution in [-0.2, 0) is 19.1 Å². The van der Waals surface area contributed by atoms with Gasteiger partial charge in [-0.1, -0.05) is 12.1 Å². The van der Waals surface area contributed by atoms with Crippen LogP contribution in [0.15, 0.2) is 48.0 Å². The molecule has 0 spiro atoms. The lowest BCUT2D eigenvalue weighted by molar-refractivity contribution is -0.140. The number of nitrogens with zero attached hydrogens (tertiary/aromatic N) is 1. The molecule has 0 radical (unpaired) electrons. The van der Waals surface area contributed by atoms with E-state index in [-0.39, 0.29) is 29.2 Å². The SMILES string of the molecule is CCOc1ccc(/C(O)=C2/C(=O)C(=O)N(CCCOC)C2c2cccc(OC(C)=O)c2)c(OCC)c1. The van der Waals surface area contributed by atoms with Gasteiger partial charge >= 0.3 is 5.97 Å². The number of esters is 1. The highest BCUT2D eigenvalue weighted by molar-refractivity contribution is 6.46. The van der Waals surface area contributed by atoms with Crippen molar-refractivity contribution in [3.63, 3.8) is 0 Å². The number of aliphatic hydroxyl groups excluding tert-OH is 1. The van der Waals surface area contributed by atoms with Crippen molar-refractivity contribution >= 4 is 23.4 Å². The van der Waals surface area contributed by atoms with Gasteiger partial charge in [-0.05, 0) is 50.1 Å². The first kappa shape index (κ1) is 26.7. The third kappa shape index (κ3) is 5.85. The normalized spacial score (nSPS) is 16.8. The minimum atomic E-state index is -0.904. The Morgan fingerprint density at radius 1 is 1.03 bits per heavy atom. The van der Waals surface area contributed by atoms with E-state index in [1.807, 2.05) is 6.92 Å². The number of hydrogen-bond acceptors (Lipinski definition) is 8. The summed E-state index contributed by atoms with van der Waals surface area (Å²) in [5.74, 6) is -1.29. The van der Waals surface area contributed by atoms with Gasteiger partial charge in [0.25, 0.3) is 11.7 Å². The number of likely N-dealkylation sites (tertiary alicyclic amines) is 1. The summed E-state index contributed by atoms with van der Waals surface area (Å²) >= 11 is 0. The maximum Gasteiger partial charge on any atom is 0.308 e. The van der Waals surface area contributed by atoms with Crippen LogP contribution in [-0.4, -0.2) is 61.1 Å². The first-order valence-corrected chi connectivity index (χ1v) is 11.8. The molecule has 2 aromatic carbocycles. The molecule has 1 unspecified atom stereocenters. The number of amides is 1. The van der Waals surface area contributed by atoms with Gasteiger partial charge in [-0.15, -0.1) is 0 Å². The smallest absolute Gasteiger partial charge is 0.308 e. The predicted octanol–water partition coefficient (Wildman–Crippen LogP) is 3.87. The average Bonchev–Trinajstić information content (AvgIpc) is 3.09. The molecule has 1 N–H and O–H groups in total. The number of methoxy groups -OCH3 is 1. The number of carbonyl (C=O) groups is 3. The van der Waals surface area contributed by atoms with E-state index in [9.17, 15) is 19.5 Å². The zero-order chi connectivity index (χ0) is 26.2. The van der Waals surface area contributed by atoms with Crippen molar-refractivity contribution in [3.05, 3.63) is 59.2 Å². The first-order chi connectivity index (χ1) is 17.3. The predicted molar refractivity (Wildman–Crippen MR) is 132 cm³/mol. The summed E-state index contributed by atoms with van der Waals surface area (Å²) < 4.78 is 21.6. The Kier molecular flexibility index (Phi) is 9.08. The molecule has 0 saturated carbocycles. The van der Waals surface area contributed by atoms with Crippen molar-refractivity contribution in [2.75, 3.05) is 33.5 Å². The summed E-state index contributed by atoms with van der Waals surface area (Å²) in [6, 6.07) is 10.5. The highest BCUT2D eigenvalue weighted by atomic mass is 16.5. The number of rotatable bonds is 11. The van der Waals surface area contributed by atoms with Crippen LogP contribution in [0.25, 0.3) is 5.76 Å². The van der Waals surface area contributed by atoms with Crippen LogP contribution in [0.2, 0.25) is 0 Å². The molecule has 1 aliphatic rings. The maximum atomic E-state index is 13.3. The highest BCUT2D eigenvalue weighted by Crippen LogP contribution is 2.42. The van der Waals surface area contributed by atoms with Crippen molar-refractivity contribution in [2.45, 2.75) is 33.2 Å². The zero-order valence-electron chi connectivity index (χ0n) is 20.9. The second kappa shape index (κ2) is 12.2. The van der Waals surface area contributed by atoms with E-state index in [0.717, 1.165) is 0 Å². The van der Waals surface area contributed by atoms with Crippen LogP contribution in [0, 0.1) is 0 Å². The molecule has 0 bridgehead atoms. The van der Waals surface area contributed by atoms with Crippen LogP contribution in [0.4, 0.5) is 0 Å². The molecule has 36 heavy (non-hydrogen) atoms. The van der Waals surface area contributed by atoms with Crippen molar-refractivity contribution < 1.29 is 38.4 Å². The molecule has 0 aromatic heterocycles. The average molecular weight is 498 g/mol. The number of Topliss-reactive ketones (excluding diaryl/α,β-unsaturated/α-hetero) is 1. The van der Waals surface area contributed by atoms with E-state index in [4.69, 9.17) is 18.9 Å². The minimum Gasteiger partial charge on any atom is -0.507 e. The standard InChI is InChI=1S/C27H31NO8/c1-5-34-19-11-12-21(22(16-19)35-6-2)25(30)23-24(18-9-7-10-20(15-18)36-17(3)29)28(13-8-14-33-4)27(32)26(23)31/h7,9-12,15-16,24,30H,5-6,8,13-14H2,1-4H3/b25-23-. The Bertz CT molecular complexity index is 1160. The van der Waals surface area contributed by atoms with E-state index in [1.165, 1.54) is 11.8 Å². The van der Waals surface area contributed by atoms with Crippen molar-refractivity contribution in [3.8, 4) is 17.2 Å². The Labute approximate surface area is 210 Å². The fourth-order valence-electron chi connectivity index (χ4n) is 4.13. The number of benzene rings is 2. The van der Waals surface area contributed by atoms with Gasteiger partial charge in [-0.3, -0.25) is 14.4 Å². The third-order valence-corrected chi connectivity index (χ3v) is 5.54. The Morgan fingerprint density at radius 2 is 1.78 bits per heavy atom. The molecule has 1 aliphatic heterocycles. The molecule has 2 aromatic rings. The van der Waals surface area contributed by atoms with E-state index in [0.29, 0.717) is 43.3 Å². The highest BCUT2D eigenvalue weighted by Gasteiger charge is 2.46. The van der Waals surface area contributed by atoms with Gasteiger partial charge < -0.3 is 29.0 Å². The lowest BCUT2D eigenvalue weighted by atomic mass is 9.94. The lowest BCUT2D eigenvalue weighted by Crippen LogP contribution is -2.31. The van der Waals surface area contributed by atoms with Gasteiger partial charge in [0, 0.05) is 33.3 Å². The van der Waals surface area contributed by atoms with Crippen LogP contribution in [0.1, 0.15) is 44.4 Å². The van der Waals surface area contributed by atoms with Gasteiger partial charge in [0.15, 0.2) is 0 Å². The van der Waals surface area contributed by atoms with E-state index >= 15 is 0 Å². The Balaban J connectivity index is 2.18. The number of ketones is 1. The number of hydrogen-bond donors (Lipinski definition) is 1. The summed E-state index contributed by atoms with van der Waals surface area (Å²) in [7, 11) is 1.55. The number of ether oxygens (including phenoxy) is 4. The van der Waals surface area contributed by atoms with Crippen molar-refractivity contribution in [2.24, 2.45) is 0 Å². The monoisotopic (exact) mass is 497 g/mol. The van der Waals surface area contributed by atoms with Crippen LogP contribution < -0.4 is 14.2 Å². The van der Waals surface area contributed by atoms with Crippen molar-refractivity contribution in [1.82, 2.24) is 4.90 Å². The molecule has 1 atom stereocenters. The van der Waals surface area contributed by atoms with Gasteiger partial charge in [0.05, 0.1) is 30.4 Å². The Hall–Kier alpha value is -3.85. The summed E-state index contributed by atoms with van der Waals surface area (Å²) in [5.41, 5.74) is 0.689. The fraction of sp³-hybridized carbons (Fsp3) is 0.370.